The Morgan fingerprint density at radius 1 is 0.914 bits per heavy atom. The first-order valence-electron chi connectivity index (χ1n) is 10.4. The molecule has 2 heterocycles. The molecule has 0 bridgehead atoms. The van der Waals surface area contributed by atoms with Crippen LogP contribution in [0.3, 0.4) is 0 Å². The van der Waals surface area contributed by atoms with Crippen molar-refractivity contribution in [3.63, 3.8) is 0 Å². The third-order valence-electron chi connectivity index (χ3n) is 5.06. The SMILES string of the molecule is O=C(Nc1cccc(-c2cn3ccnc3c(Nc3cccc(Cl)c3)n2)c1)Nc1ccc(F)c(Cl)c1. The number of anilines is 4. The largest absolute Gasteiger partial charge is 0.337 e. The topological polar surface area (TPSA) is 83.4 Å². The first-order chi connectivity index (χ1) is 16.9. The van der Waals surface area contributed by atoms with Crippen LogP contribution in [0.2, 0.25) is 10.0 Å². The highest BCUT2D eigenvalue weighted by molar-refractivity contribution is 6.31. The molecule has 0 aliphatic carbocycles. The van der Waals surface area contributed by atoms with Gasteiger partial charge in [-0.1, -0.05) is 41.4 Å². The summed E-state index contributed by atoms with van der Waals surface area (Å²) in [6.45, 7) is 0. The van der Waals surface area contributed by atoms with Crippen molar-refractivity contribution >= 4 is 57.8 Å². The fourth-order valence-corrected chi connectivity index (χ4v) is 3.85. The molecule has 0 saturated heterocycles. The minimum atomic E-state index is -0.558. The molecule has 0 spiro atoms. The third-order valence-corrected chi connectivity index (χ3v) is 5.58. The van der Waals surface area contributed by atoms with Crippen LogP contribution < -0.4 is 16.0 Å². The first kappa shape index (κ1) is 22.6. The van der Waals surface area contributed by atoms with Crippen molar-refractivity contribution in [2.75, 3.05) is 16.0 Å². The van der Waals surface area contributed by atoms with Crippen LogP contribution in [0.5, 0.6) is 0 Å². The number of rotatable bonds is 5. The number of halogens is 3. The number of amides is 2. The second-order valence-electron chi connectivity index (χ2n) is 7.56. The second-order valence-corrected chi connectivity index (χ2v) is 8.40. The highest BCUT2D eigenvalue weighted by atomic mass is 35.5. The highest BCUT2D eigenvalue weighted by Gasteiger charge is 2.12. The lowest BCUT2D eigenvalue weighted by Gasteiger charge is -2.12. The zero-order valence-electron chi connectivity index (χ0n) is 18.0. The number of hydrogen-bond donors (Lipinski definition) is 3. The van der Waals surface area contributed by atoms with E-state index in [9.17, 15) is 9.18 Å². The predicted octanol–water partition coefficient (Wildman–Crippen LogP) is 7.23. The van der Waals surface area contributed by atoms with Gasteiger partial charge in [-0.05, 0) is 48.5 Å². The maximum Gasteiger partial charge on any atom is 0.323 e. The number of aromatic nitrogens is 3. The van der Waals surface area contributed by atoms with E-state index in [0.29, 0.717) is 33.6 Å². The number of benzene rings is 3. The van der Waals surface area contributed by atoms with Gasteiger partial charge in [-0.3, -0.25) is 0 Å². The van der Waals surface area contributed by atoms with E-state index in [4.69, 9.17) is 28.2 Å². The van der Waals surface area contributed by atoms with E-state index in [1.54, 1.807) is 30.5 Å². The molecule has 0 aliphatic heterocycles. The van der Waals surface area contributed by atoms with Gasteiger partial charge < -0.3 is 20.4 Å². The molecule has 10 heteroatoms. The minimum absolute atomic E-state index is 0.0760. The van der Waals surface area contributed by atoms with Crippen molar-refractivity contribution in [3.8, 4) is 11.3 Å². The number of nitrogens with one attached hydrogen (secondary N) is 3. The fourth-order valence-electron chi connectivity index (χ4n) is 3.48. The zero-order valence-corrected chi connectivity index (χ0v) is 19.5. The Hall–Kier alpha value is -4.14. The Labute approximate surface area is 209 Å². The number of carbonyl (C=O) groups is 1. The Balaban J connectivity index is 1.40. The summed E-state index contributed by atoms with van der Waals surface area (Å²) in [5.74, 6) is -0.00373. The maximum atomic E-state index is 13.4. The van der Waals surface area contributed by atoms with Gasteiger partial charge in [0, 0.05) is 46.2 Å². The van der Waals surface area contributed by atoms with Gasteiger partial charge in [0.05, 0.1) is 10.7 Å². The summed E-state index contributed by atoms with van der Waals surface area (Å²) in [4.78, 5) is 21.6. The first-order valence-corrected chi connectivity index (χ1v) is 11.2. The zero-order chi connectivity index (χ0) is 24.4. The number of fused-ring (bicyclic) bond motifs is 1. The van der Waals surface area contributed by atoms with Crippen LogP contribution in [0.1, 0.15) is 0 Å². The number of nitrogens with zero attached hydrogens (tertiary/aromatic N) is 3. The van der Waals surface area contributed by atoms with E-state index in [1.165, 1.54) is 18.2 Å². The molecule has 35 heavy (non-hydrogen) atoms. The summed E-state index contributed by atoms with van der Waals surface area (Å²) in [5.41, 5.74) is 3.78. The molecular formula is C25H17Cl2FN6O. The average Bonchev–Trinajstić information content (AvgIpc) is 3.31. The summed E-state index contributed by atoms with van der Waals surface area (Å²) >= 11 is 11.9. The standard InChI is InChI=1S/C25H17Cl2FN6O/c26-16-4-2-6-18(12-16)30-23-24-29-9-10-34(24)14-22(33-23)15-3-1-5-17(11-15)31-25(35)32-19-7-8-21(28)20(27)13-19/h1-14H,(H,30,33)(H2,31,32,35). The van der Waals surface area contributed by atoms with Crippen molar-refractivity contribution in [3.05, 3.63) is 101 Å². The van der Waals surface area contributed by atoms with Gasteiger partial charge >= 0.3 is 6.03 Å². The van der Waals surface area contributed by atoms with Gasteiger partial charge in [0.1, 0.15) is 5.82 Å². The van der Waals surface area contributed by atoms with Gasteiger partial charge in [-0.25, -0.2) is 19.2 Å². The van der Waals surface area contributed by atoms with Crippen LogP contribution in [-0.4, -0.2) is 20.4 Å². The van der Waals surface area contributed by atoms with Gasteiger partial charge in [-0.2, -0.15) is 0 Å². The van der Waals surface area contributed by atoms with E-state index < -0.39 is 11.8 Å². The number of imidazole rings is 1. The fraction of sp³-hybridized carbons (Fsp3) is 0. The van der Waals surface area contributed by atoms with Gasteiger partial charge in [0.15, 0.2) is 11.5 Å². The molecule has 3 aromatic carbocycles. The van der Waals surface area contributed by atoms with E-state index in [0.717, 1.165) is 11.3 Å². The van der Waals surface area contributed by atoms with E-state index in [1.807, 2.05) is 41.1 Å². The monoisotopic (exact) mass is 506 g/mol. The number of urea groups is 1. The lowest BCUT2D eigenvalue weighted by molar-refractivity contribution is 0.262. The molecule has 0 saturated carbocycles. The maximum absolute atomic E-state index is 13.4. The van der Waals surface area contributed by atoms with Crippen LogP contribution in [0, 0.1) is 5.82 Å². The van der Waals surface area contributed by atoms with Gasteiger partial charge in [0.25, 0.3) is 0 Å². The molecule has 0 aliphatic rings. The Morgan fingerprint density at radius 2 is 1.69 bits per heavy atom. The molecule has 2 amide bonds. The molecule has 174 valence electrons. The number of carbonyl (C=O) groups excluding carboxylic acids is 1. The van der Waals surface area contributed by atoms with E-state index in [-0.39, 0.29) is 5.02 Å². The van der Waals surface area contributed by atoms with Crippen LogP contribution in [-0.2, 0) is 0 Å². The van der Waals surface area contributed by atoms with Crippen molar-refractivity contribution in [2.24, 2.45) is 0 Å². The van der Waals surface area contributed by atoms with E-state index >= 15 is 0 Å². The smallest absolute Gasteiger partial charge is 0.323 e. The quantitative estimate of drug-likeness (QED) is 0.234. The summed E-state index contributed by atoms with van der Waals surface area (Å²) in [6, 6.07) is 18.0. The molecule has 0 atom stereocenters. The van der Waals surface area contributed by atoms with Crippen LogP contribution in [0.4, 0.5) is 32.1 Å². The molecule has 0 fully saturated rings. The van der Waals surface area contributed by atoms with Crippen molar-refractivity contribution in [1.29, 1.82) is 0 Å². The minimum Gasteiger partial charge on any atom is -0.337 e. The second kappa shape index (κ2) is 9.61. The van der Waals surface area contributed by atoms with Gasteiger partial charge in [0.2, 0.25) is 0 Å². The summed E-state index contributed by atoms with van der Waals surface area (Å²) in [7, 11) is 0. The lowest BCUT2D eigenvalue weighted by atomic mass is 10.1. The molecule has 3 N–H and O–H groups in total. The van der Waals surface area contributed by atoms with Crippen LogP contribution >= 0.6 is 23.2 Å². The third kappa shape index (κ3) is 5.18. The highest BCUT2D eigenvalue weighted by Crippen LogP contribution is 2.27. The lowest BCUT2D eigenvalue weighted by Crippen LogP contribution is -2.19. The molecule has 5 aromatic rings. The molecule has 0 unspecified atom stereocenters. The molecular weight excluding hydrogens is 490 g/mol. The molecule has 0 radical (unpaired) electrons. The summed E-state index contributed by atoms with van der Waals surface area (Å²) in [5, 5.41) is 9.19. The van der Waals surface area contributed by atoms with Gasteiger partial charge in [-0.15, -0.1) is 0 Å². The Bertz CT molecular complexity index is 1550. The Morgan fingerprint density at radius 3 is 2.49 bits per heavy atom. The molecule has 5 rings (SSSR count). The average molecular weight is 507 g/mol. The van der Waals surface area contributed by atoms with Crippen LogP contribution in [0.25, 0.3) is 16.9 Å². The normalized spacial score (nSPS) is 10.8. The molecule has 2 aromatic heterocycles. The van der Waals surface area contributed by atoms with Crippen molar-refractivity contribution in [2.45, 2.75) is 0 Å². The molecule has 7 nitrogen and oxygen atoms in total. The van der Waals surface area contributed by atoms with Crippen LogP contribution in [0.15, 0.2) is 85.3 Å². The summed E-state index contributed by atoms with van der Waals surface area (Å²) < 4.78 is 15.2. The van der Waals surface area contributed by atoms with Crippen molar-refractivity contribution in [1.82, 2.24) is 14.4 Å². The number of hydrogen-bond acceptors (Lipinski definition) is 4. The van der Waals surface area contributed by atoms with E-state index in [2.05, 4.69) is 20.9 Å². The van der Waals surface area contributed by atoms with Crippen molar-refractivity contribution < 1.29 is 9.18 Å². The summed E-state index contributed by atoms with van der Waals surface area (Å²) in [6.07, 6.45) is 5.37. The predicted molar refractivity (Wildman–Crippen MR) is 137 cm³/mol. The Kier molecular flexibility index (Phi) is 6.22.